The van der Waals surface area contributed by atoms with Crippen LogP contribution in [0.2, 0.25) is 0 Å². The van der Waals surface area contributed by atoms with Crippen LogP contribution in [0, 0.1) is 5.82 Å². The van der Waals surface area contributed by atoms with Crippen molar-refractivity contribution >= 4 is 33.6 Å². The average Bonchev–Trinajstić information content (AvgIpc) is 2.82. The average molecular weight is 438 g/mol. The van der Waals surface area contributed by atoms with Gasteiger partial charge in [-0.2, -0.15) is 0 Å². The molecule has 0 aromatic heterocycles. The number of benzene rings is 1. The van der Waals surface area contributed by atoms with Gasteiger partial charge in [0.1, 0.15) is 11.5 Å². The molecule has 1 aliphatic rings. The van der Waals surface area contributed by atoms with Crippen molar-refractivity contribution in [3.05, 3.63) is 63.7 Å². The number of hydrogen-bond donors (Lipinski definition) is 0. The van der Waals surface area contributed by atoms with E-state index in [0.717, 1.165) is 5.56 Å². The molecular formula is C20H21BrFNO4. The van der Waals surface area contributed by atoms with E-state index in [4.69, 9.17) is 9.47 Å². The molecule has 0 unspecified atom stereocenters. The van der Waals surface area contributed by atoms with Crippen molar-refractivity contribution in [3.63, 3.8) is 0 Å². The second kappa shape index (κ2) is 8.08. The summed E-state index contributed by atoms with van der Waals surface area (Å²) in [7, 11) is 2.39. The molecule has 0 radical (unpaired) electrons. The molecule has 1 aromatic rings. The molecule has 1 heterocycles. The Bertz CT molecular complexity index is 842. The third-order valence-electron chi connectivity index (χ3n) is 4.01. The first-order valence-electron chi connectivity index (χ1n) is 8.16. The Hall–Kier alpha value is -2.41. The molecule has 0 amide bonds. The normalized spacial score (nSPS) is 14.3. The summed E-state index contributed by atoms with van der Waals surface area (Å²) < 4.78 is 25.1. The van der Waals surface area contributed by atoms with Crippen LogP contribution in [0.3, 0.4) is 0 Å². The molecule has 0 aliphatic carbocycles. The highest BCUT2D eigenvalue weighted by Crippen LogP contribution is 2.38. The fourth-order valence-corrected chi connectivity index (χ4v) is 3.19. The highest BCUT2D eigenvalue weighted by atomic mass is 79.9. The van der Waals surface area contributed by atoms with Gasteiger partial charge in [-0.3, -0.25) is 0 Å². The first-order valence-corrected chi connectivity index (χ1v) is 8.95. The van der Waals surface area contributed by atoms with Gasteiger partial charge in [0.25, 0.3) is 0 Å². The fourth-order valence-electron chi connectivity index (χ4n) is 2.57. The van der Waals surface area contributed by atoms with Crippen LogP contribution in [0.15, 0.2) is 52.3 Å². The van der Waals surface area contributed by atoms with Crippen LogP contribution in [0.1, 0.15) is 26.3 Å². The summed E-state index contributed by atoms with van der Waals surface area (Å²) in [6.45, 7) is 5.91. The largest absolute Gasteiger partial charge is 0.465 e. The summed E-state index contributed by atoms with van der Waals surface area (Å²) in [6, 6.07) is 3.20. The van der Waals surface area contributed by atoms with Gasteiger partial charge >= 0.3 is 11.9 Å². The molecule has 0 N–H and O–H groups in total. The van der Waals surface area contributed by atoms with Gasteiger partial charge in [-0.15, -0.1) is 0 Å². The molecule has 2 rings (SSSR count). The van der Waals surface area contributed by atoms with Gasteiger partial charge in [-0.05, 0) is 51.2 Å². The Morgan fingerprint density at radius 1 is 1.07 bits per heavy atom. The second-order valence-corrected chi connectivity index (χ2v) is 7.71. The number of allylic oxidation sites excluding steroid dienone is 2. The van der Waals surface area contributed by atoms with E-state index in [9.17, 15) is 9.59 Å². The van der Waals surface area contributed by atoms with Gasteiger partial charge in [-0.25, -0.2) is 14.0 Å². The lowest BCUT2D eigenvalue weighted by Crippen LogP contribution is -2.28. The Balaban J connectivity index is 2.75. The van der Waals surface area contributed by atoms with Gasteiger partial charge in [-0.1, -0.05) is 26.8 Å². The highest BCUT2D eigenvalue weighted by Gasteiger charge is 2.30. The van der Waals surface area contributed by atoms with E-state index in [1.54, 1.807) is 18.2 Å². The Morgan fingerprint density at radius 3 is 2.22 bits per heavy atom. The van der Waals surface area contributed by atoms with Crippen molar-refractivity contribution in [2.75, 3.05) is 19.1 Å². The van der Waals surface area contributed by atoms with E-state index in [1.807, 2.05) is 20.8 Å². The van der Waals surface area contributed by atoms with E-state index in [2.05, 4.69) is 15.9 Å². The van der Waals surface area contributed by atoms with Gasteiger partial charge in [0.15, 0.2) is 0 Å². The lowest BCUT2D eigenvalue weighted by molar-refractivity contribution is -0.139. The quantitative estimate of drug-likeness (QED) is 0.656. The monoisotopic (exact) mass is 437 g/mol. The maximum Gasteiger partial charge on any atom is 0.355 e. The van der Waals surface area contributed by atoms with Crippen LogP contribution < -0.4 is 4.90 Å². The smallest absolute Gasteiger partial charge is 0.355 e. The fraction of sp³-hybridized carbons (Fsp3) is 0.300. The molecule has 1 aliphatic heterocycles. The summed E-state index contributed by atoms with van der Waals surface area (Å²) >= 11 is 3.40. The number of carbonyl (C=O) groups is 2. The van der Waals surface area contributed by atoms with E-state index in [0.29, 0.717) is 4.47 Å². The molecule has 0 spiro atoms. The molecule has 144 valence electrons. The van der Waals surface area contributed by atoms with E-state index in [1.165, 1.54) is 37.5 Å². The SMILES string of the molecule is COC(=O)C1=C(C(=O)OC)N(c2c(F)cc(C(C)(C)C)cc2Br)C=CC=C1. The second-order valence-electron chi connectivity index (χ2n) is 6.85. The van der Waals surface area contributed by atoms with E-state index in [-0.39, 0.29) is 22.4 Å². The lowest BCUT2D eigenvalue weighted by Gasteiger charge is -2.27. The van der Waals surface area contributed by atoms with Gasteiger partial charge in [0.2, 0.25) is 0 Å². The first-order chi connectivity index (χ1) is 12.6. The Morgan fingerprint density at radius 2 is 1.70 bits per heavy atom. The molecule has 7 heteroatoms. The highest BCUT2D eigenvalue weighted by molar-refractivity contribution is 9.10. The summed E-state index contributed by atoms with van der Waals surface area (Å²) in [5, 5.41) is 0. The zero-order chi connectivity index (χ0) is 20.4. The molecular weight excluding hydrogens is 417 g/mol. The third-order valence-corrected chi connectivity index (χ3v) is 4.62. The zero-order valence-corrected chi connectivity index (χ0v) is 17.4. The summed E-state index contributed by atoms with van der Waals surface area (Å²) in [5.41, 5.74) is 0.420. The number of nitrogens with zero attached hydrogens (tertiary/aromatic N) is 1. The van der Waals surface area contributed by atoms with Crippen LogP contribution in [0.4, 0.5) is 10.1 Å². The van der Waals surface area contributed by atoms with Gasteiger partial charge < -0.3 is 14.4 Å². The number of esters is 2. The number of rotatable bonds is 3. The molecule has 1 aromatic carbocycles. The van der Waals surface area contributed by atoms with Crippen molar-refractivity contribution in [1.82, 2.24) is 0 Å². The molecule has 0 bridgehead atoms. The molecule has 0 saturated heterocycles. The maximum absolute atomic E-state index is 15.1. The minimum atomic E-state index is -0.794. The number of ether oxygens (including phenoxy) is 2. The summed E-state index contributed by atoms with van der Waals surface area (Å²) in [6.07, 6.45) is 6.05. The van der Waals surface area contributed by atoms with E-state index >= 15 is 4.39 Å². The Kier molecular flexibility index (Phi) is 6.26. The molecule has 5 nitrogen and oxygen atoms in total. The van der Waals surface area contributed by atoms with Crippen molar-refractivity contribution < 1.29 is 23.5 Å². The number of hydrogen-bond acceptors (Lipinski definition) is 5. The van der Waals surface area contributed by atoms with Crippen LogP contribution in [-0.2, 0) is 24.5 Å². The standard InChI is InChI=1S/C20H21BrFNO4/c1-20(2,3)12-10-14(21)17(15(22)11-12)23-9-7-6-8-13(18(24)26-4)16(23)19(25)27-5/h6-11H,1-5H3. The number of carbonyl (C=O) groups excluding carboxylic acids is 2. The predicted octanol–water partition coefficient (Wildman–Crippen LogP) is 4.38. The minimum absolute atomic E-state index is 0.0412. The van der Waals surface area contributed by atoms with Crippen LogP contribution in [-0.4, -0.2) is 26.2 Å². The van der Waals surface area contributed by atoms with Crippen molar-refractivity contribution in [2.24, 2.45) is 0 Å². The molecule has 0 saturated carbocycles. The summed E-state index contributed by atoms with van der Waals surface area (Å²) in [5.74, 6) is -2.08. The van der Waals surface area contributed by atoms with Crippen molar-refractivity contribution in [3.8, 4) is 0 Å². The van der Waals surface area contributed by atoms with E-state index < -0.39 is 17.8 Å². The third kappa shape index (κ3) is 4.30. The van der Waals surface area contributed by atoms with Crippen molar-refractivity contribution in [1.29, 1.82) is 0 Å². The van der Waals surface area contributed by atoms with Crippen molar-refractivity contribution in [2.45, 2.75) is 26.2 Å². The zero-order valence-electron chi connectivity index (χ0n) is 15.8. The van der Waals surface area contributed by atoms with Crippen LogP contribution >= 0.6 is 15.9 Å². The maximum atomic E-state index is 15.1. The number of methoxy groups -OCH3 is 2. The first kappa shape index (κ1) is 20.9. The van der Waals surface area contributed by atoms with Crippen LogP contribution in [0.25, 0.3) is 0 Å². The van der Waals surface area contributed by atoms with Gasteiger partial charge in [0, 0.05) is 10.7 Å². The summed E-state index contributed by atoms with van der Waals surface area (Å²) in [4.78, 5) is 25.9. The Labute approximate surface area is 166 Å². The molecule has 0 fully saturated rings. The number of anilines is 1. The predicted molar refractivity (Wildman–Crippen MR) is 105 cm³/mol. The molecule has 27 heavy (non-hydrogen) atoms. The topological polar surface area (TPSA) is 55.8 Å². The van der Waals surface area contributed by atoms with Gasteiger partial charge in [0.05, 0.1) is 25.5 Å². The lowest BCUT2D eigenvalue weighted by atomic mass is 9.87. The minimum Gasteiger partial charge on any atom is -0.465 e. The number of halogens is 2. The van der Waals surface area contributed by atoms with Crippen LogP contribution in [0.5, 0.6) is 0 Å². The molecule has 0 atom stereocenters.